The normalized spacial score (nSPS) is 12.3. The summed E-state index contributed by atoms with van der Waals surface area (Å²) in [5.74, 6) is 1.34. The summed E-state index contributed by atoms with van der Waals surface area (Å²) in [5.41, 5.74) is 1.33. The van der Waals surface area contributed by atoms with Crippen LogP contribution in [0.1, 0.15) is 5.56 Å². The number of aromatic nitrogens is 2. The Morgan fingerprint density at radius 3 is 2.93 bits per heavy atom. The molecule has 0 bridgehead atoms. The molecule has 156 valence electrons. The quantitative estimate of drug-likeness (QED) is 0.334. The van der Waals surface area contributed by atoms with Gasteiger partial charge in [-0.05, 0) is 29.8 Å². The number of fused-ring (bicyclic) bond motifs is 2. The number of methoxy groups -OCH3 is 1. The number of nitrogens with one attached hydrogen (secondary N) is 1. The summed E-state index contributed by atoms with van der Waals surface area (Å²) in [6, 6.07) is 12.8. The van der Waals surface area contributed by atoms with Crippen LogP contribution in [0.5, 0.6) is 11.5 Å². The van der Waals surface area contributed by atoms with Gasteiger partial charge in [-0.15, -0.1) is 0 Å². The first-order valence-corrected chi connectivity index (χ1v) is 10.4. The maximum Gasteiger partial charge on any atom is 0.262 e. The monoisotopic (exact) mass is 427 g/mol. The number of rotatable bonds is 8. The highest BCUT2D eigenvalue weighted by Crippen LogP contribution is 2.33. The van der Waals surface area contributed by atoms with Gasteiger partial charge in [0.1, 0.15) is 0 Å². The highest BCUT2D eigenvalue weighted by atomic mass is 32.2. The number of hydrogen-bond donors (Lipinski definition) is 1. The second-order valence-electron chi connectivity index (χ2n) is 6.62. The van der Waals surface area contributed by atoms with Gasteiger partial charge in [0.15, 0.2) is 16.7 Å². The lowest BCUT2D eigenvalue weighted by molar-refractivity contribution is -0.118. The SMILES string of the molecule is COCCNC(=O)CSc1nc2ccccc2c(=O)n1Cc1ccc2c(c1)OCO2. The Morgan fingerprint density at radius 1 is 1.23 bits per heavy atom. The van der Waals surface area contributed by atoms with E-state index >= 15 is 0 Å². The van der Waals surface area contributed by atoms with Crippen LogP contribution < -0.4 is 20.3 Å². The minimum absolute atomic E-state index is 0.144. The van der Waals surface area contributed by atoms with Crippen LogP contribution in [0.25, 0.3) is 10.9 Å². The molecule has 1 aromatic heterocycles. The number of para-hydroxylation sites is 1. The first kappa shape index (κ1) is 20.2. The fourth-order valence-electron chi connectivity index (χ4n) is 3.09. The van der Waals surface area contributed by atoms with Crippen molar-refractivity contribution < 1.29 is 19.0 Å². The molecule has 1 N–H and O–H groups in total. The average Bonchev–Trinajstić information content (AvgIpc) is 3.22. The molecule has 2 heterocycles. The van der Waals surface area contributed by atoms with Crippen LogP contribution in [-0.2, 0) is 16.1 Å². The Labute approximate surface area is 177 Å². The third-order valence-corrected chi connectivity index (χ3v) is 5.54. The van der Waals surface area contributed by atoms with Gasteiger partial charge in [0.25, 0.3) is 5.56 Å². The Morgan fingerprint density at radius 2 is 2.07 bits per heavy atom. The van der Waals surface area contributed by atoms with Crippen LogP contribution in [0.15, 0.2) is 52.4 Å². The van der Waals surface area contributed by atoms with Gasteiger partial charge in [-0.1, -0.05) is 30.0 Å². The molecule has 1 aliphatic rings. The largest absolute Gasteiger partial charge is 0.454 e. The third kappa shape index (κ3) is 4.42. The Hall–Kier alpha value is -3.04. The second-order valence-corrected chi connectivity index (χ2v) is 7.56. The van der Waals surface area contributed by atoms with Crippen molar-refractivity contribution in [2.75, 3.05) is 32.8 Å². The van der Waals surface area contributed by atoms with Crippen LogP contribution in [0.2, 0.25) is 0 Å². The first-order chi connectivity index (χ1) is 14.7. The summed E-state index contributed by atoms with van der Waals surface area (Å²) in [5, 5.41) is 3.79. The summed E-state index contributed by atoms with van der Waals surface area (Å²) in [7, 11) is 1.58. The molecule has 0 unspecified atom stereocenters. The van der Waals surface area contributed by atoms with Gasteiger partial charge >= 0.3 is 0 Å². The maximum absolute atomic E-state index is 13.2. The molecule has 1 amide bonds. The zero-order valence-corrected chi connectivity index (χ0v) is 17.2. The summed E-state index contributed by atoms with van der Waals surface area (Å²) in [6.07, 6.45) is 0. The van der Waals surface area contributed by atoms with Crippen LogP contribution in [0.4, 0.5) is 0 Å². The van der Waals surface area contributed by atoms with E-state index < -0.39 is 0 Å². The average molecular weight is 427 g/mol. The van der Waals surface area contributed by atoms with Gasteiger partial charge in [-0.25, -0.2) is 4.98 Å². The van der Waals surface area contributed by atoms with E-state index in [-0.39, 0.29) is 24.0 Å². The van der Waals surface area contributed by atoms with Gasteiger partial charge in [0, 0.05) is 13.7 Å². The van der Waals surface area contributed by atoms with E-state index in [9.17, 15) is 9.59 Å². The Kier molecular flexibility index (Phi) is 6.20. The fourth-order valence-corrected chi connectivity index (χ4v) is 3.92. The van der Waals surface area contributed by atoms with Gasteiger partial charge in [-0.3, -0.25) is 14.2 Å². The molecule has 0 saturated carbocycles. The number of benzene rings is 2. The molecular formula is C21H21N3O5S. The number of hydrogen-bond acceptors (Lipinski definition) is 7. The highest BCUT2D eigenvalue weighted by molar-refractivity contribution is 7.99. The first-order valence-electron chi connectivity index (χ1n) is 9.42. The van der Waals surface area contributed by atoms with Crippen molar-refractivity contribution in [2.24, 2.45) is 0 Å². The van der Waals surface area contributed by atoms with E-state index in [1.54, 1.807) is 23.8 Å². The van der Waals surface area contributed by atoms with Crippen LogP contribution in [-0.4, -0.2) is 48.3 Å². The van der Waals surface area contributed by atoms with Crippen LogP contribution in [0, 0.1) is 0 Å². The lowest BCUT2D eigenvalue weighted by atomic mass is 10.2. The van der Waals surface area contributed by atoms with Crippen LogP contribution in [0.3, 0.4) is 0 Å². The number of carbonyl (C=O) groups excluding carboxylic acids is 1. The standard InChI is InChI=1S/C21H21N3O5S/c1-27-9-8-22-19(25)12-30-21-23-16-5-3-2-4-15(16)20(26)24(21)11-14-6-7-17-18(10-14)29-13-28-17/h2-7,10H,8-9,11-13H2,1H3,(H,22,25). The van der Waals surface area contributed by atoms with Gasteiger partial charge in [0.05, 0.1) is 29.8 Å². The number of ether oxygens (including phenoxy) is 3. The molecule has 0 spiro atoms. The second kappa shape index (κ2) is 9.19. The van der Waals surface area contributed by atoms with Crippen LogP contribution >= 0.6 is 11.8 Å². The van der Waals surface area contributed by atoms with E-state index in [4.69, 9.17) is 14.2 Å². The van der Waals surface area contributed by atoms with Crippen molar-refractivity contribution in [3.8, 4) is 11.5 Å². The van der Waals surface area contributed by atoms with Crippen molar-refractivity contribution in [3.05, 3.63) is 58.4 Å². The molecule has 0 aliphatic carbocycles. The molecule has 0 radical (unpaired) electrons. The van der Waals surface area contributed by atoms with Gasteiger partial charge < -0.3 is 19.5 Å². The zero-order valence-electron chi connectivity index (χ0n) is 16.4. The summed E-state index contributed by atoms with van der Waals surface area (Å²) >= 11 is 1.23. The fraction of sp³-hybridized carbons (Fsp3) is 0.286. The maximum atomic E-state index is 13.2. The minimum atomic E-state index is -0.152. The summed E-state index contributed by atoms with van der Waals surface area (Å²) in [4.78, 5) is 29.9. The molecule has 0 atom stereocenters. The predicted molar refractivity (Wildman–Crippen MR) is 113 cm³/mol. The molecule has 4 rings (SSSR count). The number of carbonyl (C=O) groups is 1. The van der Waals surface area contributed by atoms with Crippen molar-refractivity contribution in [1.82, 2.24) is 14.9 Å². The lowest BCUT2D eigenvalue weighted by Gasteiger charge is -2.13. The topological polar surface area (TPSA) is 91.7 Å². The number of amides is 1. The molecule has 9 heteroatoms. The van der Waals surface area contributed by atoms with E-state index in [2.05, 4.69) is 10.3 Å². The highest BCUT2D eigenvalue weighted by Gasteiger charge is 2.17. The van der Waals surface area contributed by atoms with E-state index in [1.807, 2.05) is 30.3 Å². The third-order valence-electron chi connectivity index (χ3n) is 4.56. The number of thioether (sulfide) groups is 1. The lowest BCUT2D eigenvalue weighted by Crippen LogP contribution is -2.29. The zero-order chi connectivity index (χ0) is 20.9. The molecule has 1 aliphatic heterocycles. The molecule has 0 fully saturated rings. The van der Waals surface area contributed by atoms with E-state index in [0.29, 0.717) is 47.3 Å². The van der Waals surface area contributed by atoms with Crippen molar-refractivity contribution in [2.45, 2.75) is 11.7 Å². The molecule has 2 aromatic carbocycles. The van der Waals surface area contributed by atoms with Gasteiger partial charge in [-0.2, -0.15) is 0 Å². The van der Waals surface area contributed by atoms with Crippen molar-refractivity contribution in [1.29, 1.82) is 0 Å². The summed E-state index contributed by atoms with van der Waals surface area (Å²) in [6.45, 7) is 1.38. The minimum Gasteiger partial charge on any atom is -0.454 e. The van der Waals surface area contributed by atoms with Crippen molar-refractivity contribution in [3.63, 3.8) is 0 Å². The molecular weight excluding hydrogens is 406 g/mol. The molecule has 30 heavy (non-hydrogen) atoms. The Balaban J connectivity index is 1.62. The van der Waals surface area contributed by atoms with Crippen molar-refractivity contribution >= 4 is 28.6 Å². The van der Waals surface area contributed by atoms with E-state index in [0.717, 1.165) is 5.56 Å². The predicted octanol–water partition coefficient (Wildman–Crippen LogP) is 2.03. The molecule has 0 saturated heterocycles. The molecule has 8 nitrogen and oxygen atoms in total. The number of nitrogens with zero attached hydrogens (tertiary/aromatic N) is 2. The Bertz CT molecular complexity index is 1130. The van der Waals surface area contributed by atoms with E-state index in [1.165, 1.54) is 11.8 Å². The summed E-state index contributed by atoms with van der Waals surface area (Å²) < 4.78 is 17.3. The molecule has 3 aromatic rings. The van der Waals surface area contributed by atoms with Gasteiger partial charge in [0.2, 0.25) is 12.7 Å². The smallest absolute Gasteiger partial charge is 0.262 e.